The second-order valence-electron chi connectivity index (χ2n) is 7.38. The van der Waals surface area contributed by atoms with Crippen LogP contribution in [0.25, 0.3) is 10.4 Å². The lowest BCUT2D eigenvalue weighted by Gasteiger charge is -2.47. The topological polar surface area (TPSA) is 132 Å². The molecule has 0 aliphatic carbocycles. The van der Waals surface area contributed by atoms with E-state index in [0.717, 1.165) is 11.8 Å². The molecule has 0 spiro atoms. The summed E-state index contributed by atoms with van der Waals surface area (Å²) in [5, 5.41) is 22.4. The third-order valence-electron chi connectivity index (χ3n) is 5.55. The molecule has 0 aromatic carbocycles. The Bertz CT molecular complexity index is 1110. The van der Waals surface area contributed by atoms with Crippen LogP contribution < -0.4 is 15.4 Å². The van der Waals surface area contributed by atoms with Crippen LogP contribution in [0.1, 0.15) is 18.7 Å². The molecule has 1 fully saturated rings. The van der Waals surface area contributed by atoms with Crippen molar-refractivity contribution in [3.63, 3.8) is 0 Å². The Morgan fingerprint density at radius 2 is 2.20 bits per heavy atom. The quantitative estimate of drug-likeness (QED) is 0.317. The maximum absolute atomic E-state index is 13.1. The molecule has 4 heterocycles. The van der Waals surface area contributed by atoms with Gasteiger partial charge in [-0.25, -0.2) is 8.96 Å². The number of aromatic nitrogens is 2. The molecule has 0 unspecified atom stereocenters. The Labute approximate surface area is 178 Å². The predicted octanol–water partition coefficient (Wildman–Crippen LogP) is -0.889. The van der Waals surface area contributed by atoms with Crippen molar-refractivity contribution in [2.75, 3.05) is 6.01 Å². The number of primary amides is 1. The number of β-lactam (4-membered cyclic amide) rings is 1. The highest BCUT2D eigenvalue weighted by molar-refractivity contribution is 7.99. The van der Waals surface area contributed by atoms with E-state index in [0.29, 0.717) is 20.3 Å². The van der Waals surface area contributed by atoms with E-state index >= 15 is 0 Å². The summed E-state index contributed by atoms with van der Waals surface area (Å²) in [5.41, 5.74) is 5.52. The van der Waals surface area contributed by atoms with Crippen molar-refractivity contribution in [3.05, 3.63) is 23.1 Å². The number of amides is 2. The van der Waals surface area contributed by atoms with Gasteiger partial charge in [-0.3, -0.25) is 9.59 Å². The zero-order chi connectivity index (χ0) is 21.9. The lowest BCUT2D eigenvalue weighted by atomic mass is 9.77. The van der Waals surface area contributed by atoms with Crippen molar-refractivity contribution >= 4 is 51.3 Å². The number of aliphatic hydroxyl groups excluding tert-OH is 1. The second-order valence-corrected chi connectivity index (χ2v) is 9.30. The number of alkyl halides is 1. The molecule has 4 atom stereocenters. The van der Waals surface area contributed by atoms with Gasteiger partial charge in [-0.05, 0) is 18.7 Å². The number of aliphatic hydroxyl groups is 1. The molecule has 1 saturated heterocycles. The standard InChI is InChI=1S/C18H19FN4O5S2/c1-7-11(14(18(27)28)23-13(7)12(8(2)24)15(23)26)9-3-21-6-22(4-10(20)25)16(29-5-19)17(21)30-9/h3,6-8,12-13,24H,4-5H2,1-2H3,(H2-,20,25,27,28)/t7-,8+,12+,13+/m0/s1. The Morgan fingerprint density at radius 3 is 2.77 bits per heavy atom. The number of hydrogen-bond donors (Lipinski definition) is 2. The molecular formula is C18H19FN4O5S2. The van der Waals surface area contributed by atoms with Gasteiger partial charge in [0.1, 0.15) is 12.2 Å². The van der Waals surface area contributed by atoms with Crippen LogP contribution in [-0.4, -0.2) is 50.3 Å². The SMILES string of the molecule is C[C@@H](O)[C@H]1C(=O)N2C(C(=O)[O-])=C(c3cn4c[n+](CC(N)=O)c(SCF)c4s3)[C@H](C)[C@H]12. The van der Waals surface area contributed by atoms with E-state index in [1.807, 2.05) is 6.92 Å². The number of carboxylic acids is 1. The zero-order valence-electron chi connectivity index (χ0n) is 16.1. The van der Waals surface area contributed by atoms with Crippen LogP contribution in [0.4, 0.5) is 4.39 Å². The number of nitrogens with zero attached hydrogens (tertiary/aromatic N) is 3. The average Bonchev–Trinajstić information content (AvgIpc) is 3.24. The van der Waals surface area contributed by atoms with Crippen molar-refractivity contribution < 1.29 is 33.6 Å². The largest absolute Gasteiger partial charge is 0.543 e. The number of thioether (sulfide) groups is 1. The number of rotatable bonds is 7. The first kappa shape index (κ1) is 20.8. The number of thiazole rings is 1. The van der Waals surface area contributed by atoms with Crippen molar-refractivity contribution in [1.82, 2.24) is 9.30 Å². The number of hydrogen-bond acceptors (Lipinski definition) is 7. The average molecular weight is 455 g/mol. The van der Waals surface area contributed by atoms with Crippen LogP contribution in [-0.2, 0) is 20.9 Å². The molecule has 2 amide bonds. The van der Waals surface area contributed by atoms with E-state index in [1.165, 1.54) is 27.7 Å². The van der Waals surface area contributed by atoms with Gasteiger partial charge < -0.3 is 25.6 Å². The maximum Gasteiger partial charge on any atom is 0.259 e. The van der Waals surface area contributed by atoms with Crippen LogP contribution in [0.5, 0.6) is 0 Å². The van der Waals surface area contributed by atoms with Gasteiger partial charge in [0.25, 0.3) is 12.2 Å². The highest BCUT2D eigenvalue weighted by atomic mass is 32.2. The van der Waals surface area contributed by atoms with E-state index in [2.05, 4.69) is 0 Å². The summed E-state index contributed by atoms with van der Waals surface area (Å²) in [6.07, 6.45) is 2.38. The van der Waals surface area contributed by atoms with E-state index in [-0.39, 0.29) is 18.2 Å². The number of carbonyl (C=O) groups excluding carboxylic acids is 3. The fraction of sp³-hybridized carbons (Fsp3) is 0.444. The molecule has 2 aromatic heterocycles. The summed E-state index contributed by atoms with van der Waals surface area (Å²) in [5.74, 6) is -3.48. The van der Waals surface area contributed by atoms with E-state index < -0.39 is 41.9 Å². The minimum Gasteiger partial charge on any atom is -0.543 e. The van der Waals surface area contributed by atoms with Gasteiger partial charge >= 0.3 is 0 Å². The highest BCUT2D eigenvalue weighted by Crippen LogP contribution is 2.51. The molecule has 0 bridgehead atoms. The smallest absolute Gasteiger partial charge is 0.259 e. The molecule has 12 heteroatoms. The first-order valence-corrected chi connectivity index (χ1v) is 11.0. The van der Waals surface area contributed by atoms with Crippen molar-refractivity contribution in [3.8, 4) is 0 Å². The molecule has 2 aliphatic rings. The number of nitrogens with two attached hydrogens (primary N) is 1. The number of carbonyl (C=O) groups is 3. The van der Waals surface area contributed by atoms with Crippen LogP contribution in [0, 0.1) is 11.8 Å². The van der Waals surface area contributed by atoms with Crippen molar-refractivity contribution in [2.24, 2.45) is 17.6 Å². The first-order valence-electron chi connectivity index (χ1n) is 9.15. The van der Waals surface area contributed by atoms with Gasteiger partial charge in [-0.2, -0.15) is 4.40 Å². The summed E-state index contributed by atoms with van der Waals surface area (Å²) in [7, 11) is 0. The lowest BCUT2D eigenvalue weighted by Crippen LogP contribution is -2.64. The Morgan fingerprint density at radius 1 is 1.50 bits per heavy atom. The molecular weight excluding hydrogens is 435 g/mol. The van der Waals surface area contributed by atoms with Gasteiger partial charge in [0.2, 0.25) is 15.8 Å². The fourth-order valence-electron chi connectivity index (χ4n) is 4.42. The predicted molar refractivity (Wildman–Crippen MR) is 103 cm³/mol. The van der Waals surface area contributed by atoms with Gasteiger partial charge in [0.05, 0.1) is 34.6 Å². The zero-order valence-corrected chi connectivity index (χ0v) is 17.7. The van der Waals surface area contributed by atoms with Gasteiger partial charge in [-0.1, -0.05) is 18.3 Å². The van der Waals surface area contributed by atoms with Crippen molar-refractivity contribution in [2.45, 2.75) is 37.6 Å². The summed E-state index contributed by atoms with van der Waals surface area (Å²) in [6.45, 7) is 3.21. The van der Waals surface area contributed by atoms with Crippen LogP contribution in [0.15, 0.2) is 23.2 Å². The number of aliphatic carboxylic acids is 1. The summed E-state index contributed by atoms with van der Waals surface area (Å²) in [4.78, 5) is 38.1. The fourth-order valence-corrected chi connectivity index (χ4v) is 6.51. The molecule has 0 saturated carbocycles. The van der Waals surface area contributed by atoms with Crippen LogP contribution >= 0.6 is 23.1 Å². The number of carboxylic acid groups (broad SMARTS) is 1. The molecule has 2 aromatic rings. The summed E-state index contributed by atoms with van der Waals surface area (Å²) >= 11 is 2.13. The van der Waals surface area contributed by atoms with Crippen molar-refractivity contribution in [1.29, 1.82) is 0 Å². The van der Waals surface area contributed by atoms with Crippen LogP contribution in [0.3, 0.4) is 0 Å². The third kappa shape index (κ3) is 2.93. The Balaban J connectivity index is 1.82. The van der Waals surface area contributed by atoms with Gasteiger partial charge in [-0.15, -0.1) is 0 Å². The minimum atomic E-state index is -1.46. The normalized spacial score (nSPS) is 24.3. The number of halogens is 1. The van der Waals surface area contributed by atoms with Crippen LogP contribution in [0.2, 0.25) is 0 Å². The van der Waals surface area contributed by atoms with E-state index in [1.54, 1.807) is 16.9 Å². The highest BCUT2D eigenvalue weighted by Gasteiger charge is 2.59. The Kier molecular flexibility index (Phi) is 5.11. The van der Waals surface area contributed by atoms with Gasteiger partial charge in [0.15, 0.2) is 6.54 Å². The molecule has 3 N–H and O–H groups in total. The Hall–Kier alpha value is -2.44. The number of fused-ring (bicyclic) bond motifs is 2. The molecule has 9 nitrogen and oxygen atoms in total. The summed E-state index contributed by atoms with van der Waals surface area (Å²) in [6, 6.07) is -1.17. The molecule has 30 heavy (non-hydrogen) atoms. The molecule has 2 aliphatic heterocycles. The first-order chi connectivity index (χ1) is 14.2. The lowest BCUT2D eigenvalue weighted by molar-refractivity contribution is -0.717. The molecule has 160 valence electrons. The monoisotopic (exact) mass is 454 g/mol. The maximum atomic E-state index is 13.1. The van der Waals surface area contributed by atoms with E-state index in [4.69, 9.17) is 5.73 Å². The third-order valence-corrected chi connectivity index (χ3v) is 7.64. The number of imidazole rings is 1. The minimum absolute atomic E-state index is 0.115. The van der Waals surface area contributed by atoms with Gasteiger partial charge in [0, 0.05) is 11.5 Å². The summed E-state index contributed by atoms with van der Waals surface area (Å²) < 4.78 is 16.3. The second kappa shape index (κ2) is 7.36. The molecule has 0 radical (unpaired) electrons. The molecule has 4 rings (SSSR count). The van der Waals surface area contributed by atoms with E-state index in [9.17, 15) is 29.0 Å².